The molecular formula is C17H17N3O. The predicted octanol–water partition coefficient (Wildman–Crippen LogP) is 3.29. The summed E-state index contributed by atoms with van der Waals surface area (Å²) in [4.78, 5) is 8.46. The Labute approximate surface area is 123 Å². The van der Waals surface area contributed by atoms with Crippen LogP contribution in [-0.4, -0.2) is 23.6 Å². The molecule has 2 aromatic heterocycles. The summed E-state index contributed by atoms with van der Waals surface area (Å²) in [5.74, 6) is 1.76. The molecule has 0 bridgehead atoms. The highest BCUT2D eigenvalue weighted by Gasteiger charge is 2.05. The average molecular weight is 279 g/mol. The first-order valence-electron chi connectivity index (χ1n) is 6.93. The van der Waals surface area contributed by atoms with E-state index < -0.39 is 0 Å². The van der Waals surface area contributed by atoms with Crippen LogP contribution in [0.3, 0.4) is 0 Å². The van der Waals surface area contributed by atoms with Gasteiger partial charge in [-0.15, -0.1) is 0 Å². The van der Waals surface area contributed by atoms with Crippen LogP contribution in [0.4, 0.5) is 5.82 Å². The van der Waals surface area contributed by atoms with Crippen molar-refractivity contribution in [2.45, 2.75) is 6.42 Å². The normalized spacial score (nSPS) is 10.5. The summed E-state index contributed by atoms with van der Waals surface area (Å²) in [6.07, 6.45) is 6.37. The van der Waals surface area contributed by atoms with E-state index in [4.69, 9.17) is 4.74 Å². The molecule has 0 aliphatic rings. The van der Waals surface area contributed by atoms with E-state index in [1.807, 2.05) is 42.7 Å². The fourth-order valence-corrected chi connectivity index (χ4v) is 2.37. The van der Waals surface area contributed by atoms with E-state index in [-0.39, 0.29) is 0 Å². The molecule has 0 aliphatic carbocycles. The van der Waals surface area contributed by atoms with Gasteiger partial charge < -0.3 is 10.1 Å². The number of nitrogens with zero attached hydrogens (tertiary/aromatic N) is 2. The summed E-state index contributed by atoms with van der Waals surface area (Å²) in [6, 6.07) is 12.0. The van der Waals surface area contributed by atoms with E-state index in [1.54, 1.807) is 13.3 Å². The molecule has 0 unspecified atom stereocenters. The molecular weight excluding hydrogens is 262 g/mol. The molecule has 0 saturated carbocycles. The summed E-state index contributed by atoms with van der Waals surface area (Å²) in [5.41, 5.74) is 1.26. The standard InChI is InChI=1S/C17H17N3O/c1-21-16-4-2-3-15-14(16)8-12-20-17(15)19-11-7-13-5-9-18-10-6-13/h2-6,8-10,12H,7,11H2,1H3,(H,19,20). The zero-order chi connectivity index (χ0) is 14.5. The fraction of sp³-hybridized carbons (Fsp3) is 0.176. The van der Waals surface area contributed by atoms with E-state index >= 15 is 0 Å². The summed E-state index contributed by atoms with van der Waals surface area (Å²) < 4.78 is 5.39. The Kier molecular flexibility index (Phi) is 3.96. The molecule has 0 saturated heterocycles. The molecule has 3 rings (SSSR count). The second-order valence-electron chi connectivity index (χ2n) is 4.75. The van der Waals surface area contributed by atoms with Gasteiger partial charge in [-0.25, -0.2) is 4.98 Å². The van der Waals surface area contributed by atoms with Crippen molar-refractivity contribution in [3.05, 3.63) is 60.6 Å². The Bertz CT molecular complexity index is 728. The van der Waals surface area contributed by atoms with Crippen LogP contribution in [0.25, 0.3) is 10.8 Å². The molecule has 4 nitrogen and oxygen atoms in total. The molecule has 0 radical (unpaired) electrons. The molecule has 0 atom stereocenters. The highest BCUT2D eigenvalue weighted by molar-refractivity contribution is 5.95. The lowest BCUT2D eigenvalue weighted by Gasteiger charge is -2.10. The number of pyridine rings is 2. The number of methoxy groups -OCH3 is 1. The maximum Gasteiger partial charge on any atom is 0.133 e. The minimum absolute atomic E-state index is 0.827. The molecule has 3 aromatic rings. The van der Waals surface area contributed by atoms with Crippen LogP contribution in [0.2, 0.25) is 0 Å². The Morgan fingerprint density at radius 2 is 1.86 bits per heavy atom. The molecule has 0 amide bonds. The van der Waals surface area contributed by atoms with Crippen LogP contribution in [0.1, 0.15) is 5.56 Å². The average Bonchev–Trinajstić information content (AvgIpc) is 2.55. The van der Waals surface area contributed by atoms with Crippen molar-refractivity contribution in [1.29, 1.82) is 0 Å². The lowest BCUT2D eigenvalue weighted by Crippen LogP contribution is -2.06. The molecule has 0 fully saturated rings. The second-order valence-corrected chi connectivity index (χ2v) is 4.75. The lowest BCUT2D eigenvalue weighted by atomic mass is 10.1. The number of hydrogen-bond donors (Lipinski definition) is 1. The maximum atomic E-state index is 5.39. The fourth-order valence-electron chi connectivity index (χ4n) is 2.37. The Balaban J connectivity index is 1.78. The van der Waals surface area contributed by atoms with Gasteiger partial charge in [0.25, 0.3) is 0 Å². The van der Waals surface area contributed by atoms with Crippen molar-refractivity contribution in [2.24, 2.45) is 0 Å². The lowest BCUT2D eigenvalue weighted by molar-refractivity contribution is 0.420. The Morgan fingerprint density at radius 3 is 2.67 bits per heavy atom. The van der Waals surface area contributed by atoms with Gasteiger partial charge in [-0.05, 0) is 36.2 Å². The van der Waals surface area contributed by atoms with E-state index in [1.165, 1.54) is 5.56 Å². The number of hydrogen-bond acceptors (Lipinski definition) is 4. The second kappa shape index (κ2) is 6.22. The van der Waals surface area contributed by atoms with Crippen LogP contribution < -0.4 is 10.1 Å². The van der Waals surface area contributed by atoms with Gasteiger partial charge in [-0.3, -0.25) is 4.98 Å². The van der Waals surface area contributed by atoms with Crippen LogP contribution >= 0.6 is 0 Å². The first-order chi connectivity index (χ1) is 10.4. The summed E-state index contributed by atoms with van der Waals surface area (Å²) >= 11 is 0. The van der Waals surface area contributed by atoms with Crippen LogP contribution in [0, 0.1) is 0 Å². The number of rotatable bonds is 5. The number of benzene rings is 1. The van der Waals surface area contributed by atoms with Crippen molar-refractivity contribution >= 4 is 16.6 Å². The highest BCUT2D eigenvalue weighted by atomic mass is 16.5. The third kappa shape index (κ3) is 2.94. The smallest absolute Gasteiger partial charge is 0.133 e. The van der Waals surface area contributed by atoms with Gasteiger partial charge in [0.1, 0.15) is 11.6 Å². The molecule has 0 aliphatic heterocycles. The maximum absolute atomic E-state index is 5.39. The van der Waals surface area contributed by atoms with Gasteiger partial charge in [0.15, 0.2) is 0 Å². The summed E-state index contributed by atoms with van der Waals surface area (Å²) in [6.45, 7) is 0.827. The van der Waals surface area contributed by atoms with Crippen molar-refractivity contribution in [3.63, 3.8) is 0 Å². The van der Waals surface area contributed by atoms with Crippen molar-refractivity contribution in [1.82, 2.24) is 9.97 Å². The number of anilines is 1. The van der Waals surface area contributed by atoms with Gasteiger partial charge in [0.2, 0.25) is 0 Å². The monoisotopic (exact) mass is 279 g/mol. The number of fused-ring (bicyclic) bond motifs is 1. The Hall–Kier alpha value is -2.62. The quantitative estimate of drug-likeness (QED) is 0.778. The van der Waals surface area contributed by atoms with Gasteiger partial charge in [-0.2, -0.15) is 0 Å². The van der Waals surface area contributed by atoms with E-state index in [9.17, 15) is 0 Å². The molecule has 0 spiro atoms. The minimum Gasteiger partial charge on any atom is -0.496 e. The third-order valence-electron chi connectivity index (χ3n) is 3.44. The highest BCUT2D eigenvalue weighted by Crippen LogP contribution is 2.28. The van der Waals surface area contributed by atoms with Crippen LogP contribution in [0.15, 0.2) is 55.0 Å². The summed E-state index contributed by atoms with van der Waals surface area (Å²) in [5, 5.41) is 5.55. The van der Waals surface area contributed by atoms with Gasteiger partial charge in [0.05, 0.1) is 7.11 Å². The van der Waals surface area contributed by atoms with Crippen LogP contribution in [-0.2, 0) is 6.42 Å². The van der Waals surface area contributed by atoms with E-state index in [2.05, 4.69) is 21.4 Å². The molecule has 1 aromatic carbocycles. The number of nitrogens with one attached hydrogen (secondary N) is 1. The van der Waals surface area contributed by atoms with Gasteiger partial charge in [-0.1, -0.05) is 12.1 Å². The van der Waals surface area contributed by atoms with E-state index in [0.717, 1.165) is 35.3 Å². The van der Waals surface area contributed by atoms with Crippen molar-refractivity contribution in [3.8, 4) is 5.75 Å². The zero-order valence-electron chi connectivity index (χ0n) is 11.9. The first-order valence-corrected chi connectivity index (χ1v) is 6.93. The zero-order valence-corrected chi connectivity index (χ0v) is 11.9. The number of ether oxygens (including phenoxy) is 1. The SMILES string of the molecule is COc1cccc2c(NCCc3ccncc3)nccc12. The van der Waals surface area contributed by atoms with Gasteiger partial charge >= 0.3 is 0 Å². The summed E-state index contributed by atoms with van der Waals surface area (Å²) in [7, 11) is 1.69. The largest absolute Gasteiger partial charge is 0.496 e. The van der Waals surface area contributed by atoms with Crippen molar-refractivity contribution < 1.29 is 4.74 Å². The molecule has 106 valence electrons. The molecule has 1 N–H and O–H groups in total. The Morgan fingerprint density at radius 1 is 1.00 bits per heavy atom. The molecule has 21 heavy (non-hydrogen) atoms. The number of aromatic nitrogens is 2. The minimum atomic E-state index is 0.827. The predicted molar refractivity (Wildman–Crippen MR) is 84.7 cm³/mol. The van der Waals surface area contributed by atoms with Gasteiger partial charge in [0, 0.05) is 35.9 Å². The molecule has 2 heterocycles. The first kappa shape index (κ1) is 13.4. The van der Waals surface area contributed by atoms with E-state index in [0.29, 0.717) is 0 Å². The molecule has 4 heteroatoms. The third-order valence-corrected chi connectivity index (χ3v) is 3.44. The topological polar surface area (TPSA) is 47.0 Å². The van der Waals surface area contributed by atoms with Crippen LogP contribution in [0.5, 0.6) is 5.75 Å². The van der Waals surface area contributed by atoms with Crippen molar-refractivity contribution in [2.75, 3.05) is 19.0 Å².